The van der Waals surface area contributed by atoms with Gasteiger partial charge in [0.15, 0.2) is 0 Å². The van der Waals surface area contributed by atoms with Gasteiger partial charge in [-0.15, -0.1) is 0 Å². The van der Waals surface area contributed by atoms with E-state index in [1.165, 1.54) is 7.05 Å². The van der Waals surface area contributed by atoms with Gasteiger partial charge in [-0.1, -0.05) is 6.58 Å². The molecule has 0 rings (SSSR count). The Hall–Kier alpha value is -1.85. The van der Waals surface area contributed by atoms with Crippen molar-refractivity contribution in [2.24, 2.45) is 0 Å². The summed E-state index contributed by atoms with van der Waals surface area (Å²) in [6, 6.07) is 0. The summed E-state index contributed by atoms with van der Waals surface area (Å²) < 4.78 is 9.28. The van der Waals surface area contributed by atoms with Crippen LogP contribution in [0.25, 0.3) is 0 Å². The standard InChI is InChI=1S/C10H15NO5/c1-3-9(13)15-6-7-16-10(14)5-4-8(12)11-2/h3H,1,4-7H2,2H3,(H,11,12). The molecule has 0 unspecified atom stereocenters. The van der Waals surface area contributed by atoms with Crippen LogP contribution in [0.2, 0.25) is 0 Å². The summed E-state index contributed by atoms with van der Waals surface area (Å²) >= 11 is 0. The molecule has 0 aliphatic rings. The van der Waals surface area contributed by atoms with Gasteiger partial charge in [-0.25, -0.2) is 4.79 Å². The van der Waals surface area contributed by atoms with Gasteiger partial charge in [0.1, 0.15) is 13.2 Å². The zero-order valence-corrected chi connectivity index (χ0v) is 9.15. The van der Waals surface area contributed by atoms with Crippen molar-refractivity contribution in [2.75, 3.05) is 20.3 Å². The molecule has 0 aromatic heterocycles. The molecule has 16 heavy (non-hydrogen) atoms. The maximum atomic E-state index is 11.0. The van der Waals surface area contributed by atoms with Crippen LogP contribution < -0.4 is 5.32 Å². The van der Waals surface area contributed by atoms with E-state index >= 15 is 0 Å². The minimum absolute atomic E-state index is 0.00901. The third kappa shape index (κ3) is 7.54. The average Bonchev–Trinajstić information content (AvgIpc) is 2.31. The van der Waals surface area contributed by atoms with Crippen molar-refractivity contribution in [1.29, 1.82) is 0 Å². The number of amides is 1. The summed E-state index contributed by atoms with van der Waals surface area (Å²) in [5.74, 6) is -1.30. The van der Waals surface area contributed by atoms with Gasteiger partial charge in [0.05, 0.1) is 6.42 Å². The summed E-state index contributed by atoms with van der Waals surface area (Å²) in [6.45, 7) is 3.17. The van der Waals surface area contributed by atoms with Crippen molar-refractivity contribution in [2.45, 2.75) is 12.8 Å². The van der Waals surface area contributed by atoms with E-state index in [1.807, 2.05) is 0 Å². The monoisotopic (exact) mass is 229 g/mol. The Balaban J connectivity index is 3.47. The zero-order chi connectivity index (χ0) is 12.4. The number of carbonyl (C=O) groups is 3. The van der Waals surface area contributed by atoms with E-state index in [-0.39, 0.29) is 32.0 Å². The molecule has 0 bridgehead atoms. The number of ether oxygens (including phenoxy) is 2. The first-order valence-corrected chi connectivity index (χ1v) is 4.75. The summed E-state index contributed by atoms with van der Waals surface area (Å²) in [5.41, 5.74) is 0. The normalized spacial score (nSPS) is 9.06. The predicted molar refractivity (Wildman–Crippen MR) is 55.4 cm³/mol. The summed E-state index contributed by atoms with van der Waals surface area (Å²) in [6.07, 6.45) is 1.12. The van der Waals surface area contributed by atoms with Gasteiger partial charge in [-0.3, -0.25) is 9.59 Å². The molecule has 90 valence electrons. The Kier molecular flexibility index (Phi) is 7.48. The lowest BCUT2D eigenvalue weighted by molar-refractivity contribution is -0.150. The second-order valence-corrected chi connectivity index (χ2v) is 2.77. The van der Waals surface area contributed by atoms with E-state index in [9.17, 15) is 14.4 Å². The van der Waals surface area contributed by atoms with Crippen molar-refractivity contribution in [1.82, 2.24) is 5.32 Å². The van der Waals surface area contributed by atoms with Crippen LogP contribution in [0.15, 0.2) is 12.7 Å². The summed E-state index contributed by atoms with van der Waals surface area (Å²) in [5, 5.41) is 2.38. The molecular formula is C10H15NO5. The fraction of sp³-hybridized carbons (Fsp3) is 0.500. The smallest absolute Gasteiger partial charge is 0.330 e. The van der Waals surface area contributed by atoms with Crippen molar-refractivity contribution >= 4 is 17.8 Å². The number of rotatable bonds is 7. The molecule has 0 heterocycles. The molecule has 0 spiro atoms. The third-order valence-corrected chi connectivity index (χ3v) is 1.59. The minimum atomic E-state index is -0.568. The third-order valence-electron chi connectivity index (χ3n) is 1.59. The van der Waals surface area contributed by atoms with Crippen LogP contribution >= 0.6 is 0 Å². The lowest BCUT2D eigenvalue weighted by atomic mass is 10.3. The fourth-order valence-corrected chi connectivity index (χ4v) is 0.769. The predicted octanol–water partition coefficient (Wildman–Crippen LogP) is -0.215. The Labute approximate surface area is 93.6 Å². The van der Waals surface area contributed by atoms with Crippen LogP contribution in [0.5, 0.6) is 0 Å². The Bertz CT molecular complexity index is 274. The van der Waals surface area contributed by atoms with Gasteiger partial charge >= 0.3 is 11.9 Å². The maximum Gasteiger partial charge on any atom is 0.330 e. The van der Waals surface area contributed by atoms with Crippen molar-refractivity contribution in [3.05, 3.63) is 12.7 Å². The van der Waals surface area contributed by atoms with E-state index in [4.69, 9.17) is 4.74 Å². The molecule has 1 amide bonds. The SMILES string of the molecule is C=CC(=O)OCCOC(=O)CCC(=O)NC. The fourth-order valence-electron chi connectivity index (χ4n) is 0.769. The van der Waals surface area contributed by atoms with Gasteiger partial charge < -0.3 is 14.8 Å². The molecule has 1 N–H and O–H groups in total. The van der Waals surface area contributed by atoms with Crippen LogP contribution in [-0.2, 0) is 23.9 Å². The molecule has 0 atom stereocenters. The van der Waals surface area contributed by atoms with Crippen LogP contribution in [0.1, 0.15) is 12.8 Å². The molecule has 0 aromatic carbocycles. The zero-order valence-electron chi connectivity index (χ0n) is 9.15. The first-order valence-electron chi connectivity index (χ1n) is 4.75. The number of carbonyl (C=O) groups excluding carboxylic acids is 3. The van der Waals surface area contributed by atoms with Crippen molar-refractivity contribution < 1.29 is 23.9 Å². The van der Waals surface area contributed by atoms with Crippen LogP contribution in [0.4, 0.5) is 0 Å². The quantitative estimate of drug-likeness (QED) is 0.371. The molecule has 0 aliphatic carbocycles. The molecule has 0 aliphatic heterocycles. The molecule has 0 saturated carbocycles. The lowest BCUT2D eigenvalue weighted by Crippen LogP contribution is -2.20. The Morgan fingerprint density at radius 1 is 1.19 bits per heavy atom. The Morgan fingerprint density at radius 3 is 2.38 bits per heavy atom. The number of esters is 2. The molecule has 0 radical (unpaired) electrons. The molecule has 0 fully saturated rings. The Morgan fingerprint density at radius 2 is 1.81 bits per heavy atom. The molecule has 0 saturated heterocycles. The largest absolute Gasteiger partial charge is 0.462 e. The van der Waals surface area contributed by atoms with Crippen LogP contribution in [-0.4, -0.2) is 38.1 Å². The van der Waals surface area contributed by atoms with Crippen molar-refractivity contribution in [3.63, 3.8) is 0 Å². The van der Waals surface area contributed by atoms with Gasteiger partial charge in [0.2, 0.25) is 5.91 Å². The highest BCUT2D eigenvalue weighted by molar-refractivity contribution is 5.81. The topological polar surface area (TPSA) is 81.7 Å². The summed E-state index contributed by atoms with van der Waals surface area (Å²) in [4.78, 5) is 32.4. The first kappa shape index (κ1) is 14.2. The van der Waals surface area contributed by atoms with Crippen molar-refractivity contribution in [3.8, 4) is 0 Å². The van der Waals surface area contributed by atoms with Gasteiger partial charge in [0.25, 0.3) is 0 Å². The second-order valence-electron chi connectivity index (χ2n) is 2.77. The second kappa shape index (κ2) is 8.46. The minimum Gasteiger partial charge on any atom is -0.462 e. The highest BCUT2D eigenvalue weighted by Gasteiger charge is 2.06. The maximum absolute atomic E-state index is 11.0. The van der Waals surface area contributed by atoms with E-state index in [0.29, 0.717) is 0 Å². The van der Waals surface area contributed by atoms with Crippen LogP contribution in [0.3, 0.4) is 0 Å². The first-order chi connectivity index (χ1) is 7.60. The number of hydrogen-bond donors (Lipinski definition) is 1. The van der Waals surface area contributed by atoms with E-state index in [0.717, 1.165) is 6.08 Å². The van der Waals surface area contributed by atoms with Gasteiger partial charge in [-0.05, 0) is 0 Å². The summed E-state index contributed by atoms with van der Waals surface area (Å²) in [7, 11) is 1.49. The van der Waals surface area contributed by atoms with Gasteiger partial charge in [0, 0.05) is 19.5 Å². The van der Waals surface area contributed by atoms with Crippen LogP contribution in [0, 0.1) is 0 Å². The van der Waals surface area contributed by atoms with Gasteiger partial charge in [-0.2, -0.15) is 0 Å². The molecular weight excluding hydrogens is 214 g/mol. The average molecular weight is 229 g/mol. The van der Waals surface area contributed by atoms with E-state index in [1.54, 1.807) is 0 Å². The highest BCUT2D eigenvalue weighted by atomic mass is 16.6. The molecule has 0 aromatic rings. The van der Waals surface area contributed by atoms with E-state index < -0.39 is 11.9 Å². The number of hydrogen-bond acceptors (Lipinski definition) is 5. The molecule has 6 heteroatoms. The van der Waals surface area contributed by atoms with E-state index in [2.05, 4.69) is 16.6 Å². The lowest BCUT2D eigenvalue weighted by Gasteiger charge is -2.04. The molecule has 6 nitrogen and oxygen atoms in total. The number of nitrogens with one attached hydrogen (secondary N) is 1. The highest BCUT2D eigenvalue weighted by Crippen LogP contribution is 1.93.